The first-order valence-corrected chi connectivity index (χ1v) is 8.30. The lowest BCUT2D eigenvalue weighted by Gasteiger charge is -2.20. The van der Waals surface area contributed by atoms with Crippen molar-refractivity contribution in [3.63, 3.8) is 0 Å². The molecule has 2 atom stereocenters. The van der Waals surface area contributed by atoms with Crippen molar-refractivity contribution in [2.75, 3.05) is 10.5 Å². The van der Waals surface area contributed by atoms with E-state index in [0.717, 1.165) is 0 Å². The highest BCUT2D eigenvalue weighted by Crippen LogP contribution is 2.32. The topological polar surface area (TPSA) is 96.2 Å². The van der Waals surface area contributed by atoms with Crippen molar-refractivity contribution >= 4 is 44.6 Å². The molecule has 0 radical (unpaired) electrons. The van der Waals surface area contributed by atoms with Crippen LogP contribution < -0.4 is 21.3 Å². The Bertz CT molecular complexity index is 590. The molecule has 0 spiro atoms. The smallest absolute Gasteiger partial charge is 0.238 e. The molecule has 1 heterocycles. The van der Waals surface area contributed by atoms with Crippen molar-refractivity contribution in [2.24, 2.45) is 0 Å². The lowest BCUT2D eigenvalue weighted by atomic mass is 10.2. The highest BCUT2D eigenvalue weighted by atomic mass is 35.5. The van der Waals surface area contributed by atoms with Gasteiger partial charge in [0.1, 0.15) is 5.25 Å². The Hall–Kier alpha value is -0.730. The van der Waals surface area contributed by atoms with Crippen LogP contribution in [0.4, 0.5) is 11.4 Å². The second-order valence-electron chi connectivity index (χ2n) is 4.83. The van der Waals surface area contributed by atoms with Crippen molar-refractivity contribution in [1.29, 1.82) is 0 Å². The van der Waals surface area contributed by atoms with Crippen molar-refractivity contribution in [1.82, 2.24) is 10.9 Å². The Balaban J connectivity index is 2.29. The van der Waals surface area contributed by atoms with Crippen LogP contribution in [0.25, 0.3) is 0 Å². The third-order valence-corrected chi connectivity index (χ3v) is 5.90. The lowest BCUT2D eigenvalue weighted by molar-refractivity contribution is 0.564. The first-order chi connectivity index (χ1) is 9.22. The molecule has 1 saturated heterocycles. The van der Waals surface area contributed by atoms with E-state index in [2.05, 4.69) is 15.6 Å². The highest BCUT2D eigenvalue weighted by molar-refractivity contribution is 7.93. The molecule has 5 N–H and O–H groups in total. The van der Waals surface area contributed by atoms with Gasteiger partial charge in [0.2, 0.25) is 10.0 Å². The number of halogens is 2. The molecule has 112 valence electrons. The summed E-state index contributed by atoms with van der Waals surface area (Å²) in [7, 11) is -3.59. The zero-order chi connectivity index (χ0) is 15.1. The molecule has 0 aromatic heterocycles. The number of rotatable bonds is 3. The molecule has 1 aromatic rings. The first-order valence-electron chi connectivity index (χ1n) is 5.99. The maximum absolute atomic E-state index is 12.4. The number of hydrogen-bond acceptors (Lipinski definition) is 5. The molecule has 6 nitrogen and oxygen atoms in total. The minimum absolute atomic E-state index is 0.207. The van der Waals surface area contributed by atoms with Gasteiger partial charge >= 0.3 is 0 Å². The van der Waals surface area contributed by atoms with Crippen LogP contribution >= 0.6 is 23.2 Å². The molecule has 1 aromatic carbocycles. The predicted molar refractivity (Wildman–Crippen MR) is 82.4 cm³/mol. The van der Waals surface area contributed by atoms with E-state index in [0.29, 0.717) is 5.69 Å². The highest BCUT2D eigenvalue weighted by Gasteiger charge is 2.40. The first kappa shape index (κ1) is 15.7. The Labute approximate surface area is 128 Å². The summed E-state index contributed by atoms with van der Waals surface area (Å²) in [6.07, 6.45) is 0. The number of nitrogen functional groups attached to an aromatic ring is 1. The van der Waals surface area contributed by atoms with Gasteiger partial charge in [0, 0.05) is 12.1 Å². The van der Waals surface area contributed by atoms with E-state index in [-0.39, 0.29) is 27.8 Å². The number of sulfonamides is 1. The average Bonchev–Trinajstić information content (AvgIpc) is 2.66. The van der Waals surface area contributed by atoms with E-state index in [1.54, 1.807) is 13.8 Å². The van der Waals surface area contributed by atoms with E-state index in [1.807, 2.05) is 0 Å². The van der Waals surface area contributed by atoms with Gasteiger partial charge < -0.3 is 5.73 Å². The molecular weight excluding hydrogens is 323 g/mol. The summed E-state index contributed by atoms with van der Waals surface area (Å²) < 4.78 is 27.3. The summed E-state index contributed by atoms with van der Waals surface area (Å²) >= 11 is 11.8. The number of anilines is 2. The van der Waals surface area contributed by atoms with Crippen LogP contribution in [0.5, 0.6) is 0 Å². The number of hydrogen-bond donors (Lipinski definition) is 4. The van der Waals surface area contributed by atoms with E-state index >= 15 is 0 Å². The summed E-state index contributed by atoms with van der Waals surface area (Å²) in [6, 6.07) is 2.43. The molecule has 1 aliphatic heterocycles. The van der Waals surface area contributed by atoms with Crippen molar-refractivity contribution in [3.05, 3.63) is 22.2 Å². The Morgan fingerprint density at radius 3 is 2.05 bits per heavy atom. The molecular formula is C11H16Cl2N4O2S. The van der Waals surface area contributed by atoms with Gasteiger partial charge in [0.15, 0.2) is 0 Å². The Morgan fingerprint density at radius 2 is 1.60 bits per heavy atom. The average molecular weight is 339 g/mol. The van der Waals surface area contributed by atoms with Gasteiger partial charge in [-0.25, -0.2) is 8.42 Å². The molecule has 1 fully saturated rings. The molecule has 2 unspecified atom stereocenters. The molecule has 0 aliphatic carbocycles. The second-order valence-corrected chi connectivity index (χ2v) is 7.48. The zero-order valence-corrected chi connectivity index (χ0v) is 13.3. The predicted octanol–water partition coefficient (Wildman–Crippen LogP) is 1.57. The molecule has 0 saturated carbocycles. The van der Waals surface area contributed by atoms with Crippen LogP contribution in [0, 0.1) is 0 Å². The summed E-state index contributed by atoms with van der Waals surface area (Å²) in [5, 5.41) is -0.199. The Morgan fingerprint density at radius 1 is 1.15 bits per heavy atom. The monoisotopic (exact) mass is 338 g/mol. The maximum Gasteiger partial charge on any atom is 0.238 e. The minimum Gasteiger partial charge on any atom is -0.396 e. The quantitative estimate of drug-likeness (QED) is 0.627. The summed E-state index contributed by atoms with van der Waals surface area (Å²) in [5.41, 5.74) is 11.9. The van der Waals surface area contributed by atoms with Gasteiger partial charge in [-0.3, -0.25) is 15.6 Å². The van der Waals surface area contributed by atoms with Crippen molar-refractivity contribution in [3.8, 4) is 0 Å². The SMILES string of the molecule is CC1NNC(C)C1S(=O)(=O)Nc1cc(Cl)c(N)c(Cl)c1. The second kappa shape index (κ2) is 5.57. The number of nitrogens with one attached hydrogen (secondary N) is 3. The van der Waals surface area contributed by atoms with Crippen molar-refractivity contribution < 1.29 is 8.42 Å². The Kier molecular flexibility index (Phi) is 4.36. The molecule has 9 heteroatoms. The van der Waals surface area contributed by atoms with Gasteiger partial charge in [-0.2, -0.15) is 0 Å². The van der Waals surface area contributed by atoms with Crippen LogP contribution in [-0.4, -0.2) is 25.8 Å². The van der Waals surface area contributed by atoms with Gasteiger partial charge in [-0.05, 0) is 26.0 Å². The minimum atomic E-state index is -3.59. The van der Waals surface area contributed by atoms with Gasteiger partial charge in [0.05, 0.1) is 21.4 Å². The van der Waals surface area contributed by atoms with E-state index in [4.69, 9.17) is 28.9 Å². The molecule has 0 bridgehead atoms. The fourth-order valence-corrected chi connectivity index (χ4v) is 4.55. The standard InChI is InChI=1S/C11H16Cl2N4O2S/c1-5-11(6(2)16-15-5)20(18,19)17-7-3-8(12)10(14)9(13)4-7/h3-6,11,15-17H,14H2,1-2H3. The molecule has 20 heavy (non-hydrogen) atoms. The van der Waals surface area contributed by atoms with E-state index in [1.165, 1.54) is 12.1 Å². The van der Waals surface area contributed by atoms with Gasteiger partial charge in [0.25, 0.3) is 0 Å². The number of hydrazine groups is 1. The van der Waals surface area contributed by atoms with E-state index in [9.17, 15) is 8.42 Å². The zero-order valence-electron chi connectivity index (χ0n) is 10.9. The lowest BCUT2D eigenvalue weighted by Crippen LogP contribution is -2.41. The summed E-state index contributed by atoms with van der Waals surface area (Å²) in [6.45, 7) is 3.59. The van der Waals surface area contributed by atoms with Crippen LogP contribution in [0.2, 0.25) is 10.0 Å². The number of nitrogens with two attached hydrogens (primary N) is 1. The third kappa shape index (κ3) is 2.96. The van der Waals surface area contributed by atoms with Crippen molar-refractivity contribution in [2.45, 2.75) is 31.2 Å². The maximum atomic E-state index is 12.4. The largest absolute Gasteiger partial charge is 0.396 e. The fourth-order valence-electron chi connectivity index (χ4n) is 2.27. The number of benzene rings is 1. The molecule has 0 amide bonds. The van der Waals surface area contributed by atoms with Crippen LogP contribution in [-0.2, 0) is 10.0 Å². The molecule has 2 rings (SSSR count). The fraction of sp³-hybridized carbons (Fsp3) is 0.455. The van der Waals surface area contributed by atoms with Gasteiger partial charge in [-0.15, -0.1) is 0 Å². The normalized spacial score (nSPS) is 26.7. The molecule has 1 aliphatic rings. The van der Waals surface area contributed by atoms with E-state index < -0.39 is 15.3 Å². The summed E-state index contributed by atoms with van der Waals surface area (Å²) in [5.74, 6) is 0. The van der Waals surface area contributed by atoms with Gasteiger partial charge in [-0.1, -0.05) is 23.2 Å². The van der Waals surface area contributed by atoms with Crippen LogP contribution in [0.1, 0.15) is 13.8 Å². The van der Waals surface area contributed by atoms with Crippen LogP contribution in [0.3, 0.4) is 0 Å². The summed E-state index contributed by atoms with van der Waals surface area (Å²) in [4.78, 5) is 0. The third-order valence-electron chi connectivity index (χ3n) is 3.22. The van der Waals surface area contributed by atoms with Crippen LogP contribution in [0.15, 0.2) is 12.1 Å².